The molecule has 20 heavy (non-hydrogen) atoms. The summed E-state index contributed by atoms with van der Waals surface area (Å²) in [5.74, 6) is 1.54. The Morgan fingerprint density at radius 2 is 1.90 bits per heavy atom. The first-order valence-corrected chi connectivity index (χ1v) is 7.91. The maximum absolute atomic E-state index is 8.73. The number of rotatable bonds is 10. The molecule has 0 aliphatic heterocycles. The van der Waals surface area contributed by atoms with Crippen LogP contribution in [0, 0.1) is 0 Å². The molecule has 0 aliphatic carbocycles. The van der Waals surface area contributed by atoms with Crippen molar-refractivity contribution in [1.29, 1.82) is 0 Å². The Labute approximate surface area is 129 Å². The molecule has 0 amide bonds. The number of unbranched alkanes of at least 4 members (excludes halogenated alkanes) is 1. The molecule has 1 aromatic carbocycles. The minimum atomic E-state index is 0.255. The number of hydrogen-bond acceptors (Lipinski definition) is 4. The van der Waals surface area contributed by atoms with Crippen molar-refractivity contribution in [3.05, 3.63) is 22.2 Å². The van der Waals surface area contributed by atoms with Crippen LogP contribution in [-0.4, -0.2) is 31.5 Å². The van der Waals surface area contributed by atoms with E-state index in [0.29, 0.717) is 13.2 Å². The van der Waals surface area contributed by atoms with Gasteiger partial charge in [0.15, 0.2) is 11.5 Å². The minimum Gasteiger partial charge on any atom is -0.490 e. The van der Waals surface area contributed by atoms with Gasteiger partial charge >= 0.3 is 0 Å². The van der Waals surface area contributed by atoms with E-state index >= 15 is 0 Å². The zero-order chi connectivity index (χ0) is 14.8. The van der Waals surface area contributed by atoms with Gasteiger partial charge in [0.25, 0.3) is 0 Å². The van der Waals surface area contributed by atoms with Crippen LogP contribution in [0.2, 0.25) is 0 Å². The number of benzene rings is 1. The summed E-state index contributed by atoms with van der Waals surface area (Å²) in [7, 11) is 0. The lowest BCUT2D eigenvalue weighted by atomic mass is 10.2. The molecule has 5 heteroatoms. The Hall–Kier alpha value is -0.780. The van der Waals surface area contributed by atoms with Crippen LogP contribution in [0.15, 0.2) is 16.6 Å². The van der Waals surface area contributed by atoms with Crippen LogP contribution in [0.1, 0.15) is 32.3 Å². The zero-order valence-corrected chi connectivity index (χ0v) is 13.8. The fourth-order valence-corrected chi connectivity index (χ4v) is 2.47. The highest BCUT2D eigenvalue weighted by molar-refractivity contribution is 9.10. The molecule has 0 bridgehead atoms. The number of aliphatic hydroxyl groups is 1. The Bertz CT molecular complexity index is 399. The predicted molar refractivity (Wildman–Crippen MR) is 84.5 cm³/mol. The summed E-state index contributed by atoms with van der Waals surface area (Å²) in [6.45, 7) is 7.07. The normalized spacial score (nSPS) is 10.6. The van der Waals surface area contributed by atoms with Crippen molar-refractivity contribution in [2.45, 2.75) is 33.2 Å². The molecule has 0 aliphatic rings. The van der Waals surface area contributed by atoms with Crippen LogP contribution < -0.4 is 14.8 Å². The summed E-state index contributed by atoms with van der Waals surface area (Å²) in [6.07, 6.45) is 1.82. The second-order valence-corrected chi connectivity index (χ2v) is 5.23. The maximum atomic E-state index is 8.73. The summed E-state index contributed by atoms with van der Waals surface area (Å²) in [5.41, 5.74) is 1.15. The van der Waals surface area contributed by atoms with Crippen LogP contribution in [0.25, 0.3) is 0 Å². The first-order valence-electron chi connectivity index (χ1n) is 7.12. The third-order valence-electron chi connectivity index (χ3n) is 2.75. The highest BCUT2D eigenvalue weighted by Crippen LogP contribution is 2.36. The molecule has 0 spiro atoms. The van der Waals surface area contributed by atoms with Gasteiger partial charge in [-0.15, -0.1) is 0 Å². The third-order valence-corrected chi connectivity index (χ3v) is 3.34. The summed E-state index contributed by atoms with van der Waals surface area (Å²) >= 11 is 3.54. The molecule has 0 unspecified atom stereocenters. The highest BCUT2D eigenvalue weighted by Gasteiger charge is 2.11. The van der Waals surface area contributed by atoms with Crippen molar-refractivity contribution in [2.75, 3.05) is 26.4 Å². The van der Waals surface area contributed by atoms with Gasteiger partial charge < -0.3 is 19.9 Å². The molecule has 0 fully saturated rings. The number of hydrogen-bond donors (Lipinski definition) is 2. The van der Waals surface area contributed by atoms with Crippen LogP contribution >= 0.6 is 15.9 Å². The molecule has 0 heterocycles. The quantitative estimate of drug-likeness (QED) is 0.639. The summed E-state index contributed by atoms with van der Waals surface area (Å²) in [4.78, 5) is 0. The number of aliphatic hydroxyl groups excluding tert-OH is 1. The molecule has 0 saturated heterocycles. The van der Waals surface area contributed by atoms with E-state index < -0.39 is 0 Å². The number of ether oxygens (including phenoxy) is 2. The van der Waals surface area contributed by atoms with Crippen LogP contribution in [0.4, 0.5) is 0 Å². The summed E-state index contributed by atoms with van der Waals surface area (Å²) in [6, 6.07) is 4.06. The Morgan fingerprint density at radius 1 is 1.15 bits per heavy atom. The van der Waals surface area contributed by atoms with Gasteiger partial charge in [-0.3, -0.25) is 0 Å². The summed E-state index contributed by atoms with van der Waals surface area (Å²) in [5, 5.41) is 12.1. The first-order chi connectivity index (χ1) is 9.72. The van der Waals surface area contributed by atoms with Gasteiger partial charge in [0, 0.05) is 13.2 Å². The van der Waals surface area contributed by atoms with Gasteiger partial charge in [0.1, 0.15) is 0 Å². The SMILES string of the molecule is CCOc1cc(CNCCCCO)cc(Br)c1OCC. The average molecular weight is 346 g/mol. The lowest BCUT2D eigenvalue weighted by Gasteiger charge is -2.15. The monoisotopic (exact) mass is 345 g/mol. The van der Waals surface area contributed by atoms with E-state index in [2.05, 4.69) is 21.2 Å². The van der Waals surface area contributed by atoms with Gasteiger partial charge in [-0.1, -0.05) is 0 Å². The van der Waals surface area contributed by atoms with E-state index in [1.807, 2.05) is 26.0 Å². The van der Waals surface area contributed by atoms with E-state index in [-0.39, 0.29) is 6.61 Å². The zero-order valence-electron chi connectivity index (χ0n) is 12.2. The van der Waals surface area contributed by atoms with Crippen molar-refractivity contribution >= 4 is 15.9 Å². The fraction of sp³-hybridized carbons (Fsp3) is 0.600. The molecule has 1 rings (SSSR count). The largest absolute Gasteiger partial charge is 0.490 e. The number of halogens is 1. The highest BCUT2D eigenvalue weighted by atomic mass is 79.9. The topological polar surface area (TPSA) is 50.7 Å². The fourth-order valence-electron chi connectivity index (χ4n) is 1.87. The molecule has 114 valence electrons. The second kappa shape index (κ2) is 10.0. The lowest BCUT2D eigenvalue weighted by Crippen LogP contribution is -2.15. The van der Waals surface area contributed by atoms with Gasteiger partial charge in [0.2, 0.25) is 0 Å². The van der Waals surface area contributed by atoms with Crippen molar-refractivity contribution in [1.82, 2.24) is 5.32 Å². The van der Waals surface area contributed by atoms with E-state index in [4.69, 9.17) is 14.6 Å². The van der Waals surface area contributed by atoms with E-state index in [9.17, 15) is 0 Å². The molecule has 1 aromatic rings. The van der Waals surface area contributed by atoms with Crippen LogP contribution in [0.3, 0.4) is 0 Å². The number of nitrogens with one attached hydrogen (secondary N) is 1. The van der Waals surface area contributed by atoms with Gasteiger partial charge in [-0.05, 0) is 66.9 Å². The van der Waals surface area contributed by atoms with Gasteiger partial charge in [-0.2, -0.15) is 0 Å². The minimum absolute atomic E-state index is 0.255. The molecule has 2 N–H and O–H groups in total. The lowest BCUT2D eigenvalue weighted by molar-refractivity contribution is 0.283. The predicted octanol–water partition coefficient (Wildman–Crippen LogP) is 3.11. The first kappa shape index (κ1) is 17.3. The van der Waals surface area contributed by atoms with Gasteiger partial charge in [-0.25, -0.2) is 0 Å². The molecule has 0 atom stereocenters. The van der Waals surface area contributed by atoms with Crippen molar-refractivity contribution in [3.8, 4) is 11.5 Å². The molecule has 0 radical (unpaired) electrons. The Morgan fingerprint density at radius 3 is 2.55 bits per heavy atom. The molecule has 0 saturated carbocycles. The molecular formula is C15H24BrNO3. The van der Waals surface area contributed by atoms with E-state index in [1.165, 1.54) is 0 Å². The van der Waals surface area contributed by atoms with E-state index in [1.54, 1.807) is 0 Å². The summed E-state index contributed by atoms with van der Waals surface area (Å²) < 4.78 is 12.2. The maximum Gasteiger partial charge on any atom is 0.175 e. The van der Waals surface area contributed by atoms with Crippen LogP contribution in [0.5, 0.6) is 11.5 Å². The molecule has 4 nitrogen and oxygen atoms in total. The van der Waals surface area contributed by atoms with Crippen molar-refractivity contribution in [2.24, 2.45) is 0 Å². The van der Waals surface area contributed by atoms with Gasteiger partial charge in [0.05, 0.1) is 17.7 Å². The molecular weight excluding hydrogens is 322 g/mol. The smallest absolute Gasteiger partial charge is 0.175 e. The standard InChI is InChI=1S/C15H24BrNO3/c1-3-19-14-10-12(11-17-7-5-6-8-18)9-13(16)15(14)20-4-2/h9-10,17-18H,3-8,11H2,1-2H3. The Kier molecular flexibility index (Phi) is 8.65. The van der Waals surface area contributed by atoms with Crippen LogP contribution in [-0.2, 0) is 6.54 Å². The third kappa shape index (κ3) is 5.69. The average Bonchev–Trinajstić information content (AvgIpc) is 2.43. The second-order valence-electron chi connectivity index (χ2n) is 4.38. The van der Waals surface area contributed by atoms with E-state index in [0.717, 1.165) is 47.5 Å². The van der Waals surface area contributed by atoms with Crippen molar-refractivity contribution < 1.29 is 14.6 Å². The Balaban J connectivity index is 2.67. The van der Waals surface area contributed by atoms with Crippen molar-refractivity contribution in [3.63, 3.8) is 0 Å². The molecule has 0 aromatic heterocycles.